The van der Waals surface area contributed by atoms with Crippen LogP contribution in [-0.4, -0.2) is 11.8 Å². The maximum Gasteiger partial charge on any atom is 0.314 e. The van der Waals surface area contributed by atoms with Crippen LogP contribution in [0.15, 0.2) is 0 Å². The molecule has 2 aliphatic rings. The van der Waals surface area contributed by atoms with Crippen molar-refractivity contribution < 1.29 is 9.59 Å². The normalized spacial score (nSPS) is 19.7. The Morgan fingerprint density at radius 1 is 0.833 bits per heavy atom. The fraction of sp³-hybridized carbons (Fsp3) is 0.455. The van der Waals surface area contributed by atoms with Crippen LogP contribution >= 0.6 is 22.7 Å². The predicted molar refractivity (Wildman–Crippen MR) is 118 cm³/mol. The van der Waals surface area contributed by atoms with Gasteiger partial charge in [-0.2, -0.15) is 10.5 Å². The fourth-order valence-corrected chi connectivity index (χ4v) is 6.95. The van der Waals surface area contributed by atoms with Gasteiger partial charge in [0.2, 0.25) is 0 Å². The van der Waals surface area contributed by atoms with Gasteiger partial charge < -0.3 is 10.6 Å². The Morgan fingerprint density at radius 2 is 1.23 bits per heavy atom. The van der Waals surface area contributed by atoms with Crippen LogP contribution in [0, 0.1) is 34.5 Å². The van der Waals surface area contributed by atoms with Crippen LogP contribution < -0.4 is 10.6 Å². The molecule has 0 unspecified atom stereocenters. The van der Waals surface area contributed by atoms with Gasteiger partial charge in [0.15, 0.2) is 0 Å². The zero-order valence-corrected chi connectivity index (χ0v) is 18.6. The summed E-state index contributed by atoms with van der Waals surface area (Å²) in [5.41, 5.74) is 2.95. The molecule has 8 heteroatoms. The highest BCUT2D eigenvalue weighted by Gasteiger charge is 2.28. The van der Waals surface area contributed by atoms with E-state index in [1.807, 2.05) is 0 Å². The summed E-state index contributed by atoms with van der Waals surface area (Å²) in [7, 11) is 0. The zero-order chi connectivity index (χ0) is 21.4. The number of thiophene rings is 2. The van der Waals surface area contributed by atoms with E-state index >= 15 is 0 Å². The fourth-order valence-electron chi connectivity index (χ4n) is 4.23. The van der Waals surface area contributed by atoms with Gasteiger partial charge >= 0.3 is 11.8 Å². The molecule has 0 spiro atoms. The molecule has 0 aromatic carbocycles. The van der Waals surface area contributed by atoms with Crippen LogP contribution in [0.3, 0.4) is 0 Å². The number of amides is 2. The molecule has 2 N–H and O–H groups in total. The van der Waals surface area contributed by atoms with Gasteiger partial charge in [-0.3, -0.25) is 9.59 Å². The summed E-state index contributed by atoms with van der Waals surface area (Å²) in [5.74, 6) is -0.540. The number of nitrogens with zero attached hydrogens (tertiary/aromatic N) is 2. The Kier molecular flexibility index (Phi) is 5.64. The molecule has 4 rings (SSSR count). The highest BCUT2D eigenvalue weighted by atomic mass is 32.1. The quantitative estimate of drug-likeness (QED) is 0.679. The first-order chi connectivity index (χ1) is 14.4. The lowest BCUT2D eigenvalue weighted by molar-refractivity contribution is -0.132. The molecule has 2 heterocycles. The van der Waals surface area contributed by atoms with Crippen molar-refractivity contribution in [1.82, 2.24) is 0 Å². The molecule has 2 aliphatic carbocycles. The van der Waals surface area contributed by atoms with E-state index in [1.165, 1.54) is 22.7 Å². The summed E-state index contributed by atoms with van der Waals surface area (Å²) in [6.45, 7) is 4.35. The van der Waals surface area contributed by atoms with Gasteiger partial charge in [0.25, 0.3) is 0 Å². The molecule has 30 heavy (non-hydrogen) atoms. The van der Waals surface area contributed by atoms with Crippen LogP contribution in [0.5, 0.6) is 0 Å². The van der Waals surface area contributed by atoms with E-state index in [2.05, 4.69) is 36.6 Å². The van der Waals surface area contributed by atoms with Crippen molar-refractivity contribution in [3.8, 4) is 12.1 Å². The average molecular weight is 439 g/mol. The number of nitrogens with one attached hydrogen (secondary N) is 2. The van der Waals surface area contributed by atoms with E-state index in [4.69, 9.17) is 0 Å². The molecule has 0 radical (unpaired) electrons. The largest absolute Gasteiger partial charge is 0.314 e. The minimum atomic E-state index is -0.818. The van der Waals surface area contributed by atoms with Gasteiger partial charge in [0.05, 0.1) is 11.1 Å². The Morgan fingerprint density at radius 3 is 1.60 bits per heavy atom. The van der Waals surface area contributed by atoms with Crippen LogP contribution in [-0.2, 0) is 35.3 Å². The minimum Gasteiger partial charge on any atom is -0.308 e. The van der Waals surface area contributed by atoms with Crippen molar-refractivity contribution in [3.63, 3.8) is 0 Å². The van der Waals surface area contributed by atoms with E-state index in [0.717, 1.165) is 59.4 Å². The van der Waals surface area contributed by atoms with Gasteiger partial charge in [-0.1, -0.05) is 13.8 Å². The number of fused-ring (bicyclic) bond motifs is 2. The second-order valence-corrected chi connectivity index (χ2v) is 10.5. The number of hydrogen-bond donors (Lipinski definition) is 2. The summed E-state index contributed by atoms with van der Waals surface area (Å²) < 4.78 is 0. The lowest BCUT2D eigenvalue weighted by atomic mass is 9.88. The highest BCUT2D eigenvalue weighted by molar-refractivity contribution is 7.17. The second kappa shape index (κ2) is 8.22. The van der Waals surface area contributed by atoms with Crippen molar-refractivity contribution in [2.75, 3.05) is 10.6 Å². The topological polar surface area (TPSA) is 106 Å². The highest BCUT2D eigenvalue weighted by Crippen LogP contribution is 2.40. The van der Waals surface area contributed by atoms with Crippen LogP contribution in [0.4, 0.5) is 10.0 Å². The third kappa shape index (κ3) is 3.74. The molecule has 0 fully saturated rings. The van der Waals surface area contributed by atoms with Crippen molar-refractivity contribution >= 4 is 44.5 Å². The first kappa shape index (κ1) is 20.6. The van der Waals surface area contributed by atoms with Crippen LogP contribution in [0.2, 0.25) is 0 Å². The summed E-state index contributed by atoms with van der Waals surface area (Å²) >= 11 is 2.78. The number of anilines is 2. The first-order valence-electron chi connectivity index (χ1n) is 10.1. The van der Waals surface area contributed by atoms with Gasteiger partial charge in [-0.15, -0.1) is 22.7 Å². The summed E-state index contributed by atoms with van der Waals surface area (Å²) in [6.07, 6.45) is 5.46. The lowest BCUT2D eigenvalue weighted by Gasteiger charge is -2.17. The van der Waals surface area contributed by atoms with E-state index in [0.29, 0.717) is 33.0 Å². The minimum absolute atomic E-state index is 0.441. The molecular weight excluding hydrogens is 416 g/mol. The number of carbonyl (C=O) groups excluding carboxylic acids is 2. The number of rotatable bonds is 2. The van der Waals surface area contributed by atoms with E-state index in [1.54, 1.807) is 0 Å². The first-order valence-corrected chi connectivity index (χ1v) is 11.8. The Balaban J connectivity index is 1.52. The molecule has 0 saturated heterocycles. The van der Waals surface area contributed by atoms with Crippen LogP contribution in [0.1, 0.15) is 58.7 Å². The van der Waals surface area contributed by atoms with Gasteiger partial charge in [0.1, 0.15) is 22.1 Å². The van der Waals surface area contributed by atoms with Crippen molar-refractivity contribution in [2.45, 2.75) is 52.4 Å². The zero-order valence-electron chi connectivity index (χ0n) is 16.9. The third-order valence-corrected chi connectivity index (χ3v) is 8.25. The van der Waals surface area contributed by atoms with Gasteiger partial charge in [0, 0.05) is 9.75 Å². The smallest absolute Gasteiger partial charge is 0.308 e. The van der Waals surface area contributed by atoms with E-state index < -0.39 is 11.8 Å². The van der Waals surface area contributed by atoms with Crippen molar-refractivity contribution in [2.24, 2.45) is 11.8 Å². The lowest BCUT2D eigenvalue weighted by Crippen LogP contribution is -2.29. The van der Waals surface area contributed by atoms with E-state index in [9.17, 15) is 20.1 Å². The average Bonchev–Trinajstić information content (AvgIpc) is 3.23. The number of nitriles is 2. The number of hydrogen-bond acceptors (Lipinski definition) is 6. The number of carbonyl (C=O) groups is 2. The SMILES string of the molecule is C[C@@H]1CCc2c(sc(NC(=O)C(=O)Nc3sc4c(c3C#N)CC[C@H](C)C4)c2C#N)C1. The molecule has 2 atom stereocenters. The van der Waals surface area contributed by atoms with Gasteiger partial charge in [-0.05, 0) is 61.5 Å². The molecule has 0 aliphatic heterocycles. The molecule has 2 aromatic heterocycles. The molecular formula is C22H22N4O2S2. The van der Waals surface area contributed by atoms with Gasteiger partial charge in [-0.25, -0.2) is 0 Å². The molecule has 2 amide bonds. The molecule has 0 bridgehead atoms. The maximum absolute atomic E-state index is 12.6. The van der Waals surface area contributed by atoms with Crippen LogP contribution in [0.25, 0.3) is 0 Å². The Labute approximate surface area is 183 Å². The summed E-state index contributed by atoms with van der Waals surface area (Å²) in [4.78, 5) is 27.3. The second-order valence-electron chi connectivity index (χ2n) is 8.24. The van der Waals surface area contributed by atoms with Crippen molar-refractivity contribution in [3.05, 3.63) is 32.0 Å². The standard InChI is InChI=1S/C22H22N4O2S2/c1-11-3-5-13-15(9-23)21(29-17(13)7-11)25-19(27)20(28)26-22-16(10-24)14-6-4-12(2)8-18(14)30-22/h11-12H,3-8H2,1-2H3,(H,25,27)(H,26,28)/t11-,12+. The Hall–Kier alpha value is -2.68. The Bertz CT molecular complexity index is 1030. The maximum atomic E-state index is 12.6. The molecule has 6 nitrogen and oxygen atoms in total. The summed E-state index contributed by atoms with van der Waals surface area (Å²) in [5, 5.41) is 25.3. The molecule has 154 valence electrons. The predicted octanol–water partition coefficient (Wildman–Crippen LogP) is 4.38. The van der Waals surface area contributed by atoms with Crippen molar-refractivity contribution in [1.29, 1.82) is 10.5 Å². The molecule has 2 aromatic rings. The third-order valence-electron chi connectivity index (χ3n) is 5.91. The molecule has 0 saturated carbocycles. The monoisotopic (exact) mass is 438 g/mol. The van der Waals surface area contributed by atoms with E-state index in [-0.39, 0.29) is 0 Å². The summed E-state index contributed by atoms with van der Waals surface area (Å²) in [6, 6.07) is 4.38.